The molecule has 2 heterocycles. The highest BCUT2D eigenvalue weighted by molar-refractivity contribution is 5.61. The second kappa shape index (κ2) is 4.90. The number of hydrogen-bond acceptors (Lipinski definition) is 5. The van der Waals surface area contributed by atoms with Crippen LogP contribution in [0.15, 0.2) is 36.4 Å². The molecule has 0 aliphatic heterocycles. The Morgan fingerprint density at radius 2 is 1.85 bits per heavy atom. The SMILES string of the molecule is COc1ccc(-c2ccc3nnc([C@@H](C)N)n3n2)cc1. The molecule has 3 rings (SSSR count). The highest BCUT2D eigenvalue weighted by Gasteiger charge is 2.11. The maximum Gasteiger partial charge on any atom is 0.178 e. The van der Waals surface area contributed by atoms with Crippen molar-refractivity contribution in [2.24, 2.45) is 5.73 Å². The molecule has 102 valence electrons. The summed E-state index contributed by atoms with van der Waals surface area (Å²) in [6.07, 6.45) is 0. The first-order valence-corrected chi connectivity index (χ1v) is 6.31. The minimum atomic E-state index is -0.219. The summed E-state index contributed by atoms with van der Waals surface area (Å²) >= 11 is 0. The highest BCUT2D eigenvalue weighted by atomic mass is 16.5. The van der Waals surface area contributed by atoms with Crippen molar-refractivity contribution in [3.05, 3.63) is 42.2 Å². The Morgan fingerprint density at radius 1 is 1.10 bits per heavy atom. The van der Waals surface area contributed by atoms with Crippen LogP contribution in [0.1, 0.15) is 18.8 Å². The van der Waals surface area contributed by atoms with E-state index in [2.05, 4.69) is 15.3 Å². The lowest BCUT2D eigenvalue weighted by atomic mass is 10.1. The van der Waals surface area contributed by atoms with Gasteiger partial charge in [-0.1, -0.05) is 0 Å². The molecule has 0 fully saturated rings. The highest BCUT2D eigenvalue weighted by Crippen LogP contribution is 2.21. The molecule has 20 heavy (non-hydrogen) atoms. The number of nitrogens with zero attached hydrogens (tertiary/aromatic N) is 4. The van der Waals surface area contributed by atoms with Gasteiger partial charge in [0.1, 0.15) is 5.75 Å². The Hall–Kier alpha value is -2.47. The van der Waals surface area contributed by atoms with Crippen LogP contribution in [0.25, 0.3) is 16.9 Å². The van der Waals surface area contributed by atoms with Crippen LogP contribution in [0.2, 0.25) is 0 Å². The third-order valence-corrected chi connectivity index (χ3v) is 3.08. The van der Waals surface area contributed by atoms with Crippen LogP contribution < -0.4 is 10.5 Å². The average molecular weight is 269 g/mol. The summed E-state index contributed by atoms with van der Waals surface area (Å²) < 4.78 is 6.84. The monoisotopic (exact) mass is 269 g/mol. The molecule has 1 atom stereocenters. The topological polar surface area (TPSA) is 78.3 Å². The number of benzene rings is 1. The molecular formula is C14H15N5O. The van der Waals surface area contributed by atoms with Crippen molar-refractivity contribution in [2.75, 3.05) is 7.11 Å². The number of hydrogen-bond donors (Lipinski definition) is 1. The van der Waals surface area contributed by atoms with Crippen LogP contribution in [0, 0.1) is 0 Å². The van der Waals surface area contributed by atoms with Crippen molar-refractivity contribution >= 4 is 5.65 Å². The molecule has 3 aromatic rings. The minimum Gasteiger partial charge on any atom is -0.497 e. The van der Waals surface area contributed by atoms with E-state index in [1.165, 1.54) is 0 Å². The zero-order chi connectivity index (χ0) is 14.1. The fraction of sp³-hybridized carbons (Fsp3) is 0.214. The quantitative estimate of drug-likeness (QED) is 0.784. The van der Waals surface area contributed by atoms with Gasteiger partial charge in [-0.15, -0.1) is 10.2 Å². The van der Waals surface area contributed by atoms with Crippen molar-refractivity contribution < 1.29 is 4.74 Å². The summed E-state index contributed by atoms with van der Waals surface area (Å²) in [4.78, 5) is 0. The molecule has 0 radical (unpaired) electrons. The van der Waals surface area contributed by atoms with Gasteiger partial charge >= 0.3 is 0 Å². The number of methoxy groups -OCH3 is 1. The van der Waals surface area contributed by atoms with Crippen molar-refractivity contribution in [1.29, 1.82) is 0 Å². The number of rotatable bonds is 3. The zero-order valence-corrected chi connectivity index (χ0v) is 11.3. The van der Waals surface area contributed by atoms with Crippen LogP contribution in [0.5, 0.6) is 5.75 Å². The molecule has 0 unspecified atom stereocenters. The Bertz CT molecular complexity index is 733. The van der Waals surface area contributed by atoms with Crippen LogP contribution in [-0.4, -0.2) is 26.9 Å². The third-order valence-electron chi connectivity index (χ3n) is 3.08. The Labute approximate surface area is 116 Å². The first-order chi connectivity index (χ1) is 9.69. The van der Waals surface area contributed by atoms with E-state index in [1.54, 1.807) is 11.6 Å². The number of aromatic nitrogens is 4. The average Bonchev–Trinajstić information content (AvgIpc) is 2.90. The molecule has 0 saturated carbocycles. The fourth-order valence-corrected chi connectivity index (χ4v) is 2.01. The Balaban J connectivity index is 2.08. The van der Waals surface area contributed by atoms with E-state index in [0.717, 1.165) is 17.0 Å². The molecule has 6 nitrogen and oxygen atoms in total. The summed E-state index contributed by atoms with van der Waals surface area (Å²) in [5, 5.41) is 12.7. The van der Waals surface area contributed by atoms with E-state index in [0.29, 0.717) is 11.5 Å². The molecule has 2 N–H and O–H groups in total. The van der Waals surface area contributed by atoms with Gasteiger partial charge in [0.25, 0.3) is 0 Å². The second-order valence-electron chi connectivity index (χ2n) is 4.56. The molecule has 6 heteroatoms. The number of ether oxygens (including phenoxy) is 1. The third kappa shape index (κ3) is 2.10. The predicted octanol–water partition coefficient (Wildman–Crippen LogP) is 1.82. The molecular weight excluding hydrogens is 254 g/mol. The first kappa shape index (κ1) is 12.6. The van der Waals surface area contributed by atoms with Crippen molar-refractivity contribution in [3.63, 3.8) is 0 Å². The van der Waals surface area contributed by atoms with Gasteiger partial charge in [-0.25, -0.2) is 0 Å². The molecule has 0 aliphatic carbocycles. The number of fused-ring (bicyclic) bond motifs is 1. The standard InChI is InChI=1S/C14H15N5O/c1-9(15)14-17-16-13-8-7-12(18-19(13)14)10-3-5-11(20-2)6-4-10/h3-9H,15H2,1-2H3/t9-/m1/s1. The van der Waals surface area contributed by atoms with Crippen LogP contribution in [0.4, 0.5) is 0 Å². The lowest BCUT2D eigenvalue weighted by Crippen LogP contribution is -2.11. The van der Waals surface area contributed by atoms with Gasteiger partial charge < -0.3 is 10.5 Å². The smallest absolute Gasteiger partial charge is 0.178 e. The normalized spacial score (nSPS) is 12.6. The van der Waals surface area contributed by atoms with Gasteiger partial charge in [-0.3, -0.25) is 0 Å². The summed E-state index contributed by atoms with van der Waals surface area (Å²) in [5.74, 6) is 1.46. The lowest BCUT2D eigenvalue weighted by Gasteiger charge is -2.05. The van der Waals surface area contributed by atoms with E-state index in [-0.39, 0.29) is 6.04 Å². The molecule has 0 bridgehead atoms. The largest absolute Gasteiger partial charge is 0.497 e. The number of nitrogens with two attached hydrogens (primary N) is 1. The fourth-order valence-electron chi connectivity index (χ4n) is 2.01. The van der Waals surface area contributed by atoms with Crippen molar-refractivity contribution in [2.45, 2.75) is 13.0 Å². The van der Waals surface area contributed by atoms with Gasteiger partial charge in [0.2, 0.25) is 0 Å². The minimum absolute atomic E-state index is 0.219. The zero-order valence-electron chi connectivity index (χ0n) is 11.3. The van der Waals surface area contributed by atoms with Gasteiger partial charge in [0.05, 0.1) is 18.8 Å². The van der Waals surface area contributed by atoms with Crippen molar-refractivity contribution in [1.82, 2.24) is 19.8 Å². The van der Waals surface area contributed by atoms with Crippen LogP contribution >= 0.6 is 0 Å². The summed E-state index contributed by atoms with van der Waals surface area (Å²) in [6, 6.07) is 11.3. The summed E-state index contributed by atoms with van der Waals surface area (Å²) in [6.45, 7) is 1.86. The molecule has 0 spiro atoms. The van der Waals surface area contributed by atoms with Gasteiger partial charge in [-0.2, -0.15) is 9.61 Å². The Morgan fingerprint density at radius 3 is 2.50 bits per heavy atom. The van der Waals surface area contributed by atoms with E-state index in [9.17, 15) is 0 Å². The van der Waals surface area contributed by atoms with Gasteiger partial charge in [0.15, 0.2) is 11.5 Å². The molecule has 1 aromatic carbocycles. The Kier molecular flexibility index (Phi) is 3.08. The molecule has 0 saturated heterocycles. The predicted molar refractivity (Wildman–Crippen MR) is 75.4 cm³/mol. The molecule has 0 aliphatic rings. The van der Waals surface area contributed by atoms with E-state index in [4.69, 9.17) is 10.5 Å². The van der Waals surface area contributed by atoms with Gasteiger partial charge in [0, 0.05) is 5.56 Å². The van der Waals surface area contributed by atoms with E-state index >= 15 is 0 Å². The maximum atomic E-state index is 5.87. The van der Waals surface area contributed by atoms with Gasteiger partial charge in [-0.05, 0) is 43.3 Å². The van der Waals surface area contributed by atoms with Crippen LogP contribution in [-0.2, 0) is 0 Å². The lowest BCUT2D eigenvalue weighted by molar-refractivity contribution is 0.415. The molecule has 2 aromatic heterocycles. The van der Waals surface area contributed by atoms with Crippen LogP contribution in [0.3, 0.4) is 0 Å². The van der Waals surface area contributed by atoms with E-state index < -0.39 is 0 Å². The second-order valence-corrected chi connectivity index (χ2v) is 4.56. The maximum absolute atomic E-state index is 5.87. The van der Waals surface area contributed by atoms with E-state index in [1.807, 2.05) is 43.3 Å². The van der Waals surface area contributed by atoms with Crippen molar-refractivity contribution in [3.8, 4) is 17.0 Å². The summed E-state index contributed by atoms with van der Waals surface area (Å²) in [5.41, 5.74) is 8.39. The summed E-state index contributed by atoms with van der Waals surface area (Å²) in [7, 11) is 1.64. The first-order valence-electron chi connectivity index (χ1n) is 6.31. The molecule has 0 amide bonds.